The zero-order valence-electron chi connectivity index (χ0n) is 15.3. The Hall–Kier alpha value is -2.14. The maximum absolute atomic E-state index is 14.4. The normalized spacial score (nSPS) is 29.8. The van der Waals surface area contributed by atoms with Gasteiger partial charge in [0.05, 0.1) is 17.3 Å². The Morgan fingerprint density at radius 3 is 2.70 bits per heavy atom. The molecule has 0 spiro atoms. The van der Waals surface area contributed by atoms with Gasteiger partial charge < -0.3 is 15.5 Å². The number of likely N-dealkylation sites (tertiary alicyclic amines) is 1. The minimum Gasteiger partial charge on any atom is -0.374 e. The fourth-order valence-corrected chi connectivity index (χ4v) is 3.44. The quantitative estimate of drug-likeness (QED) is 0.676. The maximum Gasteiger partial charge on any atom is 0.421 e. The Balaban J connectivity index is 1.91. The minimum absolute atomic E-state index is 0.283. The van der Waals surface area contributed by atoms with Crippen LogP contribution in [0.1, 0.15) is 23.7 Å². The molecule has 3 heterocycles. The van der Waals surface area contributed by atoms with E-state index in [1.165, 1.54) is 11.7 Å². The molecule has 3 atom stereocenters. The molecule has 4 N–H and O–H groups in total. The van der Waals surface area contributed by atoms with E-state index >= 15 is 0 Å². The Bertz CT molecular complexity index is 769. The van der Waals surface area contributed by atoms with Crippen molar-refractivity contribution in [3.63, 3.8) is 0 Å². The number of halogens is 4. The number of nitrogens with zero attached hydrogens (tertiary/aromatic N) is 4. The van der Waals surface area contributed by atoms with Gasteiger partial charge >= 0.3 is 6.18 Å². The lowest BCUT2D eigenvalue weighted by molar-refractivity contribution is -0.0875. The monoisotopic (exact) mass is 389 g/mol. The van der Waals surface area contributed by atoms with E-state index in [1.807, 2.05) is 11.9 Å². The molecule has 0 aromatic carbocycles. The predicted molar refractivity (Wildman–Crippen MR) is 92.6 cm³/mol. The van der Waals surface area contributed by atoms with Crippen molar-refractivity contribution in [1.29, 1.82) is 0 Å². The molecule has 1 saturated heterocycles. The van der Waals surface area contributed by atoms with E-state index in [1.54, 1.807) is 13.1 Å². The first-order valence-electron chi connectivity index (χ1n) is 8.55. The predicted octanol–water partition coefficient (Wildman–Crippen LogP) is 1.14. The first-order valence-corrected chi connectivity index (χ1v) is 8.55. The molecule has 2 aliphatic rings. The lowest BCUT2D eigenvalue weighted by atomic mass is 10.0. The van der Waals surface area contributed by atoms with E-state index in [2.05, 4.69) is 20.7 Å². The van der Waals surface area contributed by atoms with E-state index in [0.717, 1.165) is 6.54 Å². The average molecular weight is 389 g/mol. The van der Waals surface area contributed by atoms with Crippen LogP contribution in [0.25, 0.3) is 0 Å². The molecule has 150 valence electrons. The van der Waals surface area contributed by atoms with Gasteiger partial charge in [0, 0.05) is 32.5 Å². The van der Waals surface area contributed by atoms with Crippen LogP contribution < -0.4 is 16.4 Å². The van der Waals surface area contributed by atoms with Crippen LogP contribution in [-0.4, -0.2) is 60.4 Å². The third kappa shape index (κ3) is 3.65. The molecule has 2 aliphatic heterocycles. The molecule has 1 fully saturated rings. The van der Waals surface area contributed by atoms with Crippen molar-refractivity contribution >= 4 is 6.21 Å². The Morgan fingerprint density at radius 1 is 1.41 bits per heavy atom. The molecule has 1 aromatic rings. The Morgan fingerprint density at radius 2 is 2.11 bits per heavy atom. The van der Waals surface area contributed by atoms with Gasteiger partial charge in [0.15, 0.2) is 0 Å². The van der Waals surface area contributed by atoms with Crippen LogP contribution in [0.2, 0.25) is 0 Å². The van der Waals surface area contributed by atoms with Crippen LogP contribution in [0.3, 0.4) is 0 Å². The number of nitrogens with one attached hydrogen (secondary N) is 2. The standard InChI is InChI=1S/C16H23F4N7/c1-9-11(7-27(25-9)13-4-5-26(3)8-12(13)17)16(21)23-6-10(15(18,19)20)14(22-2)24-16/h6-7,12-13,22,24H,4-5,8,21H2,1-3H3. The Labute approximate surface area is 154 Å². The summed E-state index contributed by atoms with van der Waals surface area (Å²) < 4.78 is 55.3. The smallest absolute Gasteiger partial charge is 0.374 e. The van der Waals surface area contributed by atoms with Crippen molar-refractivity contribution in [1.82, 2.24) is 25.3 Å². The third-order valence-electron chi connectivity index (χ3n) is 4.91. The second-order valence-electron chi connectivity index (χ2n) is 6.93. The van der Waals surface area contributed by atoms with Crippen molar-refractivity contribution in [3.8, 4) is 0 Å². The van der Waals surface area contributed by atoms with Gasteiger partial charge in [-0.1, -0.05) is 0 Å². The second-order valence-corrected chi connectivity index (χ2v) is 6.93. The highest BCUT2D eigenvalue weighted by molar-refractivity contribution is 5.82. The first kappa shape index (κ1) is 19.6. The van der Waals surface area contributed by atoms with Gasteiger partial charge in [-0.3, -0.25) is 10.4 Å². The summed E-state index contributed by atoms with van der Waals surface area (Å²) in [6, 6.07) is -0.449. The zero-order chi connectivity index (χ0) is 20.0. The molecule has 0 saturated carbocycles. The van der Waals surface area contributed by atoms with Gasteiger partial charge in [-0.25, -0.2) is 9.38 Å². The molecule has 11 heteroatoms. The molecule has 3 rings (SSSR count). The highest BCUT2D eigenvalue weighted by Gasteiger charge is 2.42. The van der Waals surface area contributed by atoms with E-state index in [4.69, 9.17) is 5.73 Å². The van der Waals surface area contributed by atoms with Crippen molar-refractivity contribution in [2.45, 2.75) is 37.5 Å². The van der Waals surface area contributed by atoms with E-state index in [9.17, 15) is 17.6 Å². The number of hydrogen-bond donors (Lipinski definition) is 3. The largest absolute Gasteiger partial charge is 0.421 e. The molecule has 3 unspecified atom stereocenters. The summed E-state index contributed by atoms with van der Waals surface area (Å²) in [5, 5.41) is 9.43. The van der Waals surface area contributed by atoms with Crippen LogP contribution in [0.15, 0.2) is 22.6 Å². The maximum atomic E-state index is 14.4. The number of aliphatic imine (C=N–C) groups is 1. The van der Waals surface area contributed by atoms with Gasteiger partial charge in [-0.2, -0.15) is 18.3 Å². The summed E-state index contributed by atoms with van der Waals surface area (Å²) in [5.41, 5.74) is 6.16. The van der Waals surface area contributed by atoms with Crippen LogP contribution in [-0.2, 0) is 5.79 Å². The highest BCUT2D eigenvalue weighted by atomic mass is 19.4. The van der Waals surface area contributed by atoms with Gasteiger partial charge in [-0.05, 0) is 20.4 Å². The lowest BCUT2D eigenvalue weighted by Crippen LogP contribution is -2.54. The number of aromatic nitrogens is 2. The fourth-order valence-electron chi connectivity index (χ4n) is 3.44. The van der Waals surface area contributed by atoms with Gasteiger partial charge in [0.2, 0.25) is 5.79 Å². The van der Waals surface area contributed by atoms with Crippen LogP contribution >= 0.6 is 0 Å². The van der Waals surface area contributed by atoms with Crippen LogP contribution in [0.4, 0.5) is 17.6 Å². The van der Waals surface area contributed by atoms with Gasteiger partial charge in [0.25, 0.3) is 0 Å². The third-order valence-corrected chi connectivity index (χ3v) is 4.91. The van der Waals surface area contributed by atoms with Crippen molar-refractivity contribution < 1.29 is 17.6 Å². The zero-order valence-corrected chi connectivity index (χ0v) is 15.3. The number of hydrogen-bond acceptors (Lipinski definition) is 6. The SMILES string of the molecule is CNC1=C(C(F)(F)F)C=NC(N)(c2cn(C3CCN(C)CC3F)nc2C)N1. The van der Waals surface area contributed by atoms with E-state index in [0.29, 0.717) is 30.4 Å². The molecule has 0 amide bonds. The van der Waals surface area contributed by atoms with Crippen LogP contribution in [0, 0.1) is 6.92 Å². The second kappa shape index (κ2) is 6.79. The molecular weight excluding hydrogens is 366 g/mol. The fraction of sp³-hybridized carbons (Fsp3) is 0.625. The summed E-state index contributed by atoms with van der Waals surface area (Å²) >= 11 is 0. The summed E-state index contributed by atoms with van der Waals surface area (Å²) in [6.07, 6.45) is -2.84. The number of nitrogens with two attached hydrogens (primary N) is 1. The number of piperidine rings is 1. The van der Waals surface area contributed by atoms with Gasteiger partial charge in [0.1, 0.15) is 17.6 Å². The molecule has 27 heavy (non-hydrogen) atoms. The van der Waals surface area contributed by atoms with Crippen molar-refractivity contribution in [3.05, 3.63) is 28.8 Å². The number of alkyl halides is 4. The van der Waals surface area contributed by atoms with E-state index < -0.39 is 29.7 Å². The summed E-state index contributed by atoms with van der Waals surface area (Å²) in [5.74, 6) is -1.91. The first-order chi connectivity index (χ1) is 12.5. The molecule has 7 nitrogen and oxygen atoms in total. The topological polar surface area (TPSA) is 83.5 Å². The highest BCUT2D eigenvalue weighted by Crippen LogP contribution is 2.33. The number of rotatable bonds is 3. The van der Waals surface area contributed by atoms with Crippen LogP contribution in [0.5, 0.6) is 0 Å². The molecule has 0 bridgehead atoms. The van der Waals surface area contributed by atoms with Gasteiger partial charge in [-0.15, -0.1) is 0 Å². The average Bonchev–Trinajstić information content (AvgIpc) is 2.96. The minimum atomic E-state index is -4.58. The van der Waals surface area contributed by atoms with E-state index in [-0.39, 0.29) is 5.82 Å². The molecule has 1 aromatic heterocycles. The van der Waals surface area contributed by atoms with Crippen molar-refractivity contribution in [2.24, 2.45) is 10.7 Å². The summed E-state index contributed by atoms with van der Waals surface area (Å²) in [6.45, 7) is 2.69. The molecule has 0 aliphatic carbocycles. The summed E-state index contributed by atoms with van der Waals surface area (Å²) in [4.78, 5) is 5.80. The number of allylic oxidation sites excluding steroid dienone is 1. The molecule has 0 radical (unpaired) electrons. The number of aryl methyl sites for hydroxylation is 1. The Kier molecular flexibility index (Phi) is 4.93. The molecular formula is C16H23F4N7. The van der Waals surface area contributed by atoms with Crippen molar-refractivity contribution in [2.75, 3.05) is 27.2 Å². The lowest BCUT2D eigenvalue weighted by Gasteiger charge is -2.33. The summed E-state index contributed by atoms with van der Waals surface area (Å²) in [7, 11) is 3.21.